The molecule has 8 aliphatic rings. The molecule has 2 N–H and O–H groups in total. The lowest BCUT2D eigenvalue weighted by Gasteiger charge is -2.75. The van der Waals surface area contributed by atoms with E-state index in [-0.39, 0.29) is 28.6 Å². The van der Waals surface area contributed by atoms with Crippen molar-refractivity contribution in [2.75, 3.05) is 20.2 Å². The Bertz CT molecular complexity index is 1220. The van der Waals surface area contributed by atoms with Gasteiger partial charge in [-0.2, -0.15) is 0 Å². The zero-order chi connectivity index (χ0) is 25.2. The largest absolute Gasteiger partial charge is 0.504 e. The molecule has 5 heteroatoms. The Morgan fingerprint density at radius 2 is 2.08 bits per heavy atom. The lowest BCUT2D eigenvalue weighted by atomic mass is 9.33. The third-order valence-electron chi connectivity index (χ3n) is 12.2. The minimum Gasteiger partial charge on any atom is -0.504 e. The van der Waals surface area contributed by atoms with Crippen molar-refractivity contribution in [3.8, 4) is 11.5 Å². The van der Waals surface area contributed by atoms with Gasteiger partial charge in [0, 0.05) is 42.0 Å². The Labute approximate surface area is 220 Å². The number of aromatic hydroxyl groups is 1. The fourth-order valence-corrected chi connectivity index (χ4v) is 10.4. The number of hydrogen-bond acceptors (Lipinski definition) is 5. The molecule has 4 saturated carbocycles. The van der Waals surface area contributed by atoms with Gasteiger partial charge in [0.1, 0.15) is 11.7 Å². The molecule has 5 fully saturated rings. The fraction of sp³-hybridized carbons (Fsp3) is 0.688. The molecule has 2 heterocycles. The van der Waals surface area contributed by atoms with Crippen LogP contribution < -0.4 is 4.74 Å². The van der Waals surface area contributed by atoms with Gasteiger partial charge in [-0.15, -0.1) is 0 Å². The van der Waals surface area contributed by atoms with Crippen molar-refractivity contribution in [2.45, 2.75) is 99.9 Å². The average molecular weight is 504 g/mol. The third-order valence-corrected chi connectivity index (χ3v) is 12.2. The van der Waals surface area contributed by atoms with Gasteiger partial charge in [0.15, 0.2) is 11.5 Å². The Balaban J connectivity index is 1.27. The summed E-state index contributed by atoms with van der Waals surface area (Å²) in [6.45, 7) is 4.38. The van der Waals surface area contributed by atoms with E-state index in [4.69, 9.17) is 9.47 Å². The second-order valence-corrected chi connectivity index (χ2v) is 13.7. The summed E-state index contributed by atoms with van der Waals surface area (Å²) in [6.07, 6.45) is 16.9. The Morgan fingerprint density at radius 1 is 1.22 bits per heavy atom. The highest BCUT2D eigenvalue weighted by molar-refractivity contribution is 5.63. The van der Waals surface area contributed by atoms with E-state index in [9.17, 15) is 10.2 Å². The van der Waals surface area contributed by atoms with Crippen molar-refractivity contribution in [2.24, 2.45) is 17.3 Å². The molecule has 4 bridgehead atoms. The zero-order valence-electron chi connectivity index (χ0n) is 22.3. The first kappa shape index (κ1) is 23.1. The van der Waals surface area contributed by atoms with Gasteiger partial charge in [0.05, 0.1) is 5.60 Å². The topological polar surface area (TPSA) is 62.2 Å². The number of aliphatic hydroxyl groups is 1. The highest BCUT2D eigenvalue weighted by Crippen LogP contribution is 2.77. The van der Waals surface area contributed by atoms with Crippen LogP contribution in [0.3, 0.4) is 0 Å². The molecule has 1 aromatic rings. The van der Waals surface area contributed by atoms with Gasteiger partial charge in [0.2, 0.25) is 0 Å². The molecule has 7 atom stereocenters. The quantitative estimate of drug-likeness (QED) is 0.546. The number of likely N-dealkylation sites (tertiary alicyclic amines) is 1. The second kappa shape index (κ2) is 7.43. The van der Waals surface area contributed by atoms with E-state index >= 15 is 0 Å². The van der Waals surface area contributed by atoms with Gasteiger partial charge in [-0.25, -0.2) is 0 Å². The van der Waals surface area contributed by atoms with E-state index in [2.05, 4.69) is 36.1 Å². The average Bonchev–Trinajstić information content (AvgIpc) is 3.40. The number of phenols is 1. The van der Waals surface area contributed by atoms with E-state index in [0.717, 1.165) is 63.8 Å². The maximum absolute atomic E-state index is 12.3. The highest BCUT2D eigenvalue weighted by atomic mass is 16.6. The summed E-state index contributed by atoms with van der Waals surface area (Å²) < 4.78 is 13.5. The molecular formula is C32H41NO4. The van der Waals surface area contributed by atoms with Gasteiger partial charge in [-0.05, 0) is 95.2 Å². The fourth-order valence-electron chi connectivity index (χ4n) is 10.4. The lowest BCUT2D eigenvalue weighted by Crippen LogP contribution is -2.82. The number of fused-ring (bicyclic) bond motifs is 2. The minimum absolute atomic E-state index is 0.00628. The van der Waals surface area contributed by atoms with Crippen LogP contribution in [0.2, 0.25) is 0 Å². The van der Waals surface area contributed by atoms with Crippen LogP contribution in [0.4, 0.5) is 0 Å². The van der Waals surface area contributed by atoms with Crippen LogP contribution in [-0.2, 0) is 16.6 Å². The predicted molar refractivity (Wildman–Crippen MR) is 142 cm³/mol. The molecule has 1 unspecified atom stereocenters. The van der Waals surface area contributed by atoms with Crippen LogP contribution in [0.5, 0.6) is 11.5 Å². The van der Waals surface area contributed by atoms with Gasteiger partial charge < -0.3 is 19.7 Å². The molecule has 198 valence electrons. The predicted octanol–water partition coefficient (Wildman–Crippen LogP) is 5.03. The number of nitrogens with zero attached hydrogens (tertiary/aromatic N) is 1. The van der Waals surface area contributed by atoms with Crippen molar-refractivity contribution in [1.82, 2.24) is 4.90 Å². The van der Waals surface area contributed by atoms with E-state index in [1.165, 1.54) is 36.1 Å². The Morgan fingerprint density at radius 3 is 2.84 bits per heavy atom. The molecular weight excluding hydrogens is 462 g/mol. The van der Waals surface area contributed by atoms with Crippen molar-refractivity contribution < 1.29 is 19.7 Å². The van der Waals surface area contributed by atoms with Crippen molar-refractivity contribution in [1.29, 1.82) is 0 Å². The molecule has 0 radical (unpaired) electrons. The van der Waals surface area contributed by atoms with Crippen molar-refractivity contribution >= 4 is 0 Å². The number of piperidine rings is 1. The smallest absolute Gasteiger partial charge is 0.165 e. The SMILES string of the molecule is CO[C@]12CC[C@@]3(CC1[C@](C)(O)CCC1=CC=CC1)[C@H]1Cc4ccc(O)c5c4[C@@]3(CCN1CC1CC1)[C@H]2O5. The summed E-state index contributed by atoms with van der Waals surface area (Å²) in [5.41, 5.74) is 2.56. The third kappa shape index (κ3) is 2.76. The van der Waals surface area contributed by atoms with Gasteiger partial charge in [-0.1, -0.05) is 29.9 Å². The summed E-state index contributed by atoms with van der Waals surface area (Å²) in [5, 5.41) is 23.3. The van der Waals surface area contributed by atoms with E-state index < -0.39 is 11.2 Å². The van der Waals surface area contributed by atoms with Gasteiger partial charge >= 0.3 is 0 Å². The summed E-state index contributed by atoms with van der Waals surface area (Å²) in [6, 6.07) is 4.48. The number of hydrogen-bond donors (Lipinski definition) is 2. The monoisotopic (exact) mass is 503 g/mol. The summed E-state index contributed by atoms with van der Waals surface area (Å²) in [7, 11) is 1.84. The summed E-state index contributed by atoms with van der Waals surface area (Å²) in [4.78, 5) is 2.83. The number of methoxy groups -OCH3 is 1. The molecule has 1 saturated heterocycles. The molecule has 9 rings (SSSR count). The maximum Gasteiger partial charge on any atom is 0.165 e. The van der Waals surface area contributed by atoms with Crippen LogP contribution in [0.1, 0.15) is 75.8 Å². The van der Waals surface area contributed by atoms with Crippen molar-refractivity contribution in [3.05, 3.63) is 47.1 Å². The van der Waals surface area contributed by atoms with Crippen molar-refractivity contribution in [3.63, 3.8) is 0 Å². The number of rotatable bonds is 7. The molecule has 2 aliphatic heterocycles. The molecule has 6 aliphatic carbocycles. The van der Waals surface area contributed by atoms with E-state index in [1.54, 1.807) is 0 Å². The first-order valence-corrected chi connectivity index (χ1v) is 14.7. The first-order valence-electron chi connectivity index (χ1n) is 14.7. The molecule has 5 nitrogen and oxygen atoms in total. The minimum atomic E-state index is -0.857. The van der Waals surface area contributed by atoms with Crippen LogP contribution >= 0.6 is 0 Å². The molecule has 1 aromatic carbocycles. The number of ether oxygens (including phenoxy) is 2. The highest BCUT2D eigenvalue weighted by Gasteiger charge is 2.81. The first-order chi connectivity index (χ1) is 17.8. The Hall–Kier alpha value is -1.82. The van der Waals surface area contributed by atoms with Crippen LogP contribution in [0.25, 0.3) is 0 Å². The standard InChI is InChI=1S/C32H41NO4/c1-29(35,12-11-20-5-3-4-6-20)24-18-30-13-14-32(24,36-2)28-31(30)15-16-33(19-21-7-8-21)25(30)17-22-9-10-23(34)27(37-28)26(22)31/h3-5,9-10,21,24-25,28,34-35H,6-8,11-19H2,1-2H3/t24?,25-,28-,29-,30-,31+,32-/m1/s1. The molecule has 0 aromatic heterocycles. The second-order valence-electron chi connectivity index (χ2n) is 13.7. The molecule has 2 spiro atoms. The number of phenolic OH excluding ortho intramolecular Hbond substituents is 1. The number of benzene rings is 1. The van der Waals surface area contributed by atoms with E-state index in [1.807, 2.05) is 13.2 Å². The molecule has 0 amide bonds. The summed E-state index contributed by atoms with van der Waals surface area (Å²) in [5.74, 6) is 1.83. The maximum atomic E-state index is 12.3. The Kier molecular flexibility index (Phi) is 4.64. The van der Waals surface area contributed by atoms with Gasteiger partial charge in [-0.3, -0.25) is 4.90 Å². The normalized spacial score (nSPS) is 42.4. The van der Waals surface area contributed by atoms with E-state index in [0.29, 0.717) is 11.8 Å². The van der Waals surface area contributed by atoms with Crippen LogP contribution in [0, 0.1) is 17.3 Å². The zero-order valence-corrected chi connectivity index (χ0v) is 22.3. The van der Waals surface area contributed by atoms with Crippen LogP contribution in [0.15, 0.2) is 35.9 Å². The molecule has 37 heavy (non-hydrogen) atoms. The summed E-state index contributed by atoms with van der Waals surface area (Å²) >= 11 is 0. The lowest BCUT2D eigenvalue weighted by molar-refractivity contribution is -0.302. The van der Waals surface area contributed by atoms with Gasteiger partial charge in [0.25, 0.3) is 0 Å². The van der Waals surface area contributed by atoms with Crippen LogP contribution in [-0.4, -0.2) is 58.7 Å². The number of allylic oxidation sites excluding steroid dienone is 4.